The minimum Gasteiger partial charge on any atom is -0.490 e. The van der Waals surface area contributed by atoms with Gasteiger partial charge in [0.05, 0.1) is 28.8 Å². The van der Waals surface area contributed by atoms with Crippen molar-refractivity contribution < 1.29 is 18.6 Å². The van der Waals surface area contributed by atoms with Crippen LogP contribution in [0.1, 0.15) is 41.5 Å². The Bertz CT molecular complexity index is 870. The molecule has 0 saturated carbocycles. The number of fused-ring (bicyclic) bond motifs is 1. The van der Waals surface area contributed by atoms with Crippen LogP contribution in [0.3, 0.4) is 0 Å². The summed E-state index contributed by atoms with van der Waals surface area (Å²) in [7, 11) is -1.85. The van der Waals surface area contributed by atoms with E-state index in [-0.39, 0.29) is 23.5 Å². The third-order valence-electron chi connectivity index (χ3n) is 5.82. The first kappa shape index (κ1) is 27.8. The molecule has 0 aliphatic carbocycles. The van der Waals surface area contributed by atoms with E-state index >= 15 is 0 Å². The Morgan fingerprint density at radius 1 is 1.19 bits per heavy atom. The summed E-state index contributed by atoms with van der Waals surface area (Å²) in [6, 6.07) is 4.00. The molecule has 182 valence electrons. The Labute approximate surface area is 210 Å². The van der Waals surface area contributed by atoms with E-state index in [2.05, 4.69) is 77.7 Å². The van der Waals surface area contributed by atoms with Gasteiger partial charge in [-0.1, -0.05) is 36.7 Å². The van der Waals surface area contributed by atoms with Crippen LogP contribution < -0.4 is 4.74 Å². The molecule has 3 unspecified atom stereocenters. The molecule has 0 aliphatic heterocycles. The van der Waals surface area contributed by atoms with Crippen molar-refractivity contribution in [1.29, 1.82) is 0 Å². The Kier molecular flexibility index (Phi) is 10.2. The molecule has 2 rings (SSSR count). The first-order valence-electron chi connectivity index (χ1n) is 11.2. The van der Waals surface area contributed by atoms with Gasteiger partial charge in [0.1, 0.15) is 18.5 Å². The highest BCUT2D eigenvalue weighted by atomic mass is 79.9. The zero-order valence-corrected chi connectivity index (χ0v) is 24.7. The molecule has 1 aromatic heterocycles. The quantitative estimate of drug-likeness (QED) is 0.155. The maximum Gasteiger partial charge on any atom is 0.192 e. The molecule has 9 heteroatoms. The van der Waals surface area contributed by atoms with E-state index in [1.807, 2.05) is 36.9 Å². The Morgan fingerprint density at radius 3 is 2.47 bits per heavy atom. The molecule has 32 heavy (non-hydrogen) atoms. The second-order valence-corrected chi connectivity index (χ2v) is 15.8. The number of aromatic nitrogens is 2. The second kappa shape index (κ2) is 11.8. The molecule has 0 fully saturated rings. The molecule has 0 spiro atoms. The van der Waals surface area contributed by atoms with Gasteiger partial charge in [-0.05, 0) is 67.0 Å². The minimum atomic E-state index is -1.85. The highest BCUT2D eigenvalue weighted by Gasteiger charge is 2.38. The van der Waals surface area contributed by atoms with Crippen LogP contribution in [-0.2, 0) is 20.4 Å². The summed E-state index contributed by atoms with van der Waals surface area (Å²) < 4.78 is 26.9. The lowest BCUT2D eigenvalue weighted by Gasteiger charge is -2.38. The van der Waals surface area contributed by atoms with Crippen molar-refractivity contribution in [2.24, 2.45) is 0 Å². The van der Waals surface area contributed by atoms with Gasteiger partial charge in [0, 0.05) is 17.3 Å². The summed E-state index contributed by atoms with van der Waals surface area (Å²) in [5.41, 5.74) is 1.01. The number of ether oxygens (including phenoxy) is 3. The molecular formula is C23H38Br2N2O4Si. The molecule has 1 aromatic carbocycles. The monoisotopic (exact) mass is 592 g/mol. The molecule has 0 saturated heterocycles. The fourth-order valence-corrected chi connectivity index (χ4v) is 5.63. The normalized spacial score (nSPS) is 15.7. The molecule has 0 radical (unpaired) electrons. The van der Waals surface area contributed by atoms with Crippen molar-refractivity contribution in [3.8, 4) is 5.75 Å². The predicted octanol–water partition coefficient (Wildman–Crippen LogP) is 6.75. The highest BCUT2D eigenvalue weighted by molar-refractivity contribution is 9.10. The smallest absolute Gasteiger partial charge is 0.192 e. The average molecular weight is 594 g/mol. The van der Waals surface area contributed by atoms with Crippen LogP contribution in [0.4, 0.5) is 0 Å². The summed E-state index contributed by atoms with van der Waals surface area (Å²) in [6.45, 7) is 19.0. The van der Waals surface area contributed by atoms with Crippen LogP contribution >= 0.6 is 31.9 Å². The van der Waals surface area contributed by atoms with E-state index in [9.17, 15) is 0 Å². The van der Waals surface area contributed by atoms with Crippen LogP contribution in [0, 0.1) is 0 Å². The van der Waals surface area contributed by atoms with E-state index < -0.39 is 8.32 Å². The molecule has 0 N–H and O–H groups in total. The van der Waals surface area contributed by atoms with Gasteiger partial charge >= 0.3 is 0 Å². The maximum atomic E-state index is 6.54. The van der Waals surface area contributed by atoms with Crippen LogP contribution in [0.2, 0.25) is 18.1 Å². The topological polar surface area (TPSA) is 54.7 Å². The number of alkyl halides is 1. The molecule has 0 amide bonds. The van der Waals surface area contributed by atoms with Crippen molar-refractivity contribution in [3.63, 3.8) is 0 Å². The predicted molar refractivity (Wildman–Crippen MR) is 140 cm³/mol. The average Bonchev–Trinajstić information content (AvgIpc) is 3.08. The molecule has 6 nitrogen and oxygen atoms in total. The van der Waals surface area contributed by atoms with Crippen molar-refractivity contribution >= 4 is 51.1 Å². The second-order valence-electron chi connectivity index (χ2n) is 9.58. The largest absolute Gasteiger partial charge is 0.490 e. The third kappa shape index (κ3) is 7.27. The number of hydrogen-bond acceptors (Lipinski definition) is 5. The number of rotatable bonds is 12. The van der Waals surface area contributed by atoms with Crippen LogP contribution in [0.5, 0.6) is 5.75 Å². The summed E-state index contributed by atoms with van der Waals surface area (Å²) in [5.74, 6) is 0.760. The molecule has 1 heterocycles. The van der Waals surface area contributed by atoms with E-state index in [4.69, 9.17) is 18.6 Å². The zero-order chi connectivity index (χ0) is 24.1. The lowest BCUT2D eigenvalue weighted by Crippen LogP contribution is -2.44. The van der Waals surface area contributed by atoms with Gasteiger partial charge in [0.2, 0.25) is 0 Å². The third-order valence-corrected chi connectivity index (χ3v) is 11.9. The number of benzene rings is 1. The fourth-order valence-electron chi connectivity index (χ4n) is 3.18. The van der Waals surface area contributed by atoms with E-state index in [0.717, 1.165) is 21.1 Å². The van der Waals surface area contributed by atoms with E-state index in [1.165, 1.54) is 0 Å². The van der Waals surface area contributed by atoms with Gasteiger partial charge in [-0.25, -0.2) is 0 Å². The maximum absolute atomic E-state index is 6.54. The minimum absolute atomic E-state index is 0.0571. The standard InChI is InChI=1S/C23H38Br2N2O4Si/c1-9-28-17(3)30-19(12-24)15-29-20-11-10-18-13-26-27(22(18)21(20)25)14-16(2)31-32(7,8)23(4,5)6/h10-11,13,16-17,19H,9,12,14-15H2,1-8H3. The van der Waals surface area contributed by atoms with Gasteiger partial charge in [0.15, 0.2) is 14.6 Å². The molecule has 2 aromatic rings. The summed E-state index contributed by atoms with van der Waals surface area (Å²) in [4.78, 5) is 0. The first-order chi connectivity index (χ1) is 14.9. The lowest BCUT2D eigenvalue weighted by atomic mass is 10.2. The van der Waals surface area contributed by atoms with Crippen LogP contribution in [-0.4, -0.2) is 55.1 Å². The Hall–Kier alpha value is -0.453. The number of halogens is 2. The van der Waals surface area contributed by atoms with E-state index in [0.29, 0.717) is 25.1 Å². The van der Waals surface area contributed by atoms with Gasteiger partial charge in [-0.2, -0.15) is 5.10 Å². The van der Waals surface area contributed by atoms with Crippen molar-refractivity contribution in [1.82, 2.24) is 9.78 Å². The first-order valence-corrected chi connectivity index (χ1v) is 16.0. The summed E-state index contributed by atoms with van der Waals surface area (Å²) in [6.07, 6.45) is 1.54. The summed E-state index contributed by atoms with van der Waals surface area (Å²) >= 11 is 7.25. The molecule has 3 atom stereocenters. The van der Waals surface area contributed by atoms with Crippen LogP contribution in [0.15, 0.2) is 22.8 Å². The number of hydrogen-bond donors (Lipinski definition) is 0. The van der Waals surface area contributed by atoms with Crippen molar-refractivity contribution in [3.05, 3.63) is 22.8 Å². The van der Waals surface area contributed by atoms with Crippen LogP contribution in [0.25, 0.3) is 10.9 Å². The summed E-state index contributed by atoms with van der Waals surface area (Å²) in [5, 5.41) is 6.50. The molecular weight excluding hydrogens is 556 g/mol. The van der Waals surface area contributed by atoms with Gasteiger partial charge < -0.3 is 18.6 Å². The Balaban J connectivity index is 2.14. The highest BCUT2D eigenvalue weighted by Crippen LogP contribution is 2.38. The molecule has 0 aliphatic rings. The van der Waals surface area contributed by atoms with Gasteiger partial charge in [-0.15, -0.1) is 0 Å². The number of nitrogens with zero attached hydrogens (tertiary/aromatic N) is 2. The Morgan fingerprint density at radius 2 is 1.88 bits per heavy atom. The lowest BCUT2D eigenvalue weighted by molar-refractivity contribution is -0.157. The van der Waals surface area contributed by atoms with Gasteiger partial charge in [-0.3, -0.25) is 4.68 Å². The fraction of sp³-hybridized carbons (Fsp3) is 0.696. The van der Waals surface area contributed by atoms with Gasteiger partial charge in [0.25, 0.3) is 0 Å². The molecule has 0 bridgehead atoms. The van der Waals surface area contributed by atoms with E-state index in [1.54, 1.807) is 0 Å². The SMILES string of the molecule is CCOC(C)OC(CBr)COc1ccc2cnn(CC(C)O[Si](C)(C)C(C)(C)C)c2c1Br. The van der Waals surface area contributed by atoms with Crippen molar-refractivity contribution in [2.75, 3.05) is 18.5 Å². The van der Waals surface area contributed by atoms with Crippen molar-refractivity contribution in [2.45, 2.75) is 84.7 Å². The zero-order valence-electron chi connectivity index (χ0n) is 20.6.